The van der Waals surface area contributed by atoms with Crippen LogP contribution in [0.3, 0.4) is 0 Å². The van der Waals surface area contributed by atoms with Crippen LogP contribution in [0.4, 0.5) is 0 Å². The number of nitrogens with zero attached hydrogens (tertiary/aromatic N) is 2. The summed E-state index contributed by atoms with van der Waals surface area (Å²) in [5.41, 5.74) is 2.52. The molecule has 1 N–H and O–H groups in total. The van der Waals surface area contributed by atoms with Gasteiger partial charge in [0.1, 0.15) is 0 Å². The van der Waals surface area contributed by atoms with E-state index in [-0.39, 0.29) is 30.1 Å². The standard InChI is InChI=1S/C19H21N3O3/c23-17(14-5-2-1-3-6-14)9-10-18(24)20-11-12-22-19(25)13-15-7-4-8-16(15)21-22/h1-3,5-6,13H,4,7-12H2,(H,20,24). The molecule has 0 atom stereocenters. The van der Waals surface area contributed by atoms with Gasteiger partial charge in [-0.3, -0.25) is 14.4 Å². The minimum absolute atomic E-state index is 0.0488. The van der Waals surface area contributed by atoms with E-state index in [1.807, 2.05) is 6.07 Å². The van der Waals surface area contributed by atoms with Gasteiger partial charge in [-0.25, -0.2) is 4.68 Å². The smallest absolute Gasteiger partial charge is 0.267 e. The van der Waals surface area contributed by atoms with E-state index < -0.39 is 0 Å². The maximum absolute atomic E-state index is 12.0. The van der Waals surface area contributed by atoms with Crippen molar-refractivity contribution < 1.29 is 9.59 Å². The van der Waals surface area contributed by atoms with Crippen LogP contribution in [0.2, 0.25) is 0 Å². The zero-order valence-electron chi connectivity index (χ0n) is 14.0. The van der Waals surface area contributed by atoms with Crippen molar-refractivity contribution in [1.82, 2.24) is 15.1 Å². The molecule has 6 heteroatoms. The summed E-state index contributed by atoms with van der Waals surface area (Å²) < 4.78 is 1.40. The lowest BCUT2D eigenvalue weighted by molar-refractivity contribution is -0.121. The summed E-state index contributed by atoms with van der Waals surface area (Å²) in [6, 6.07) is 10.6. The number of ketones is 1. The number of hydrogen-bond acceptors (Lipinski definition) is 4. The number of hydrogen-bond donors (Lipinski definition) is 1. The Kier molecular flexibility index (Phi) is 5.38. The average molecular weight is 339 g/mol. The molecule has 130 valence electrons. The molecule has 6 nitrogen and oxygen atoms in total. The molecule has 0 unspecified atom stereocenters. The molecule has 0 bridgehead atoms. The van der Waals surface area contributed by atoms with E-state index in [0.29, 0.717) is 18.7 Å². The van der Waals surface area contributed by atoms with Crippen LogP contribution in [0.5, 0.6) is 0 Å². The number of aryl methyl sites for hydroxylation is 2. The Balaban J connectivity index is 1.44. The average Bonchev–Trinajstić information content (AvgIpc) is 3.07. The lowest BCUT2D eigenvalue weighted by Gasteiger charge is -2.08. The van der Waals surface area contributed by atoms with E-state index in [9.17, 15) is 14.4 Å². The number of aromatic nitrogens is 2. The Morgan fingerprint density at radius 1 is 1.12 bits per heavy atom. The van der Waals surface area contributed by atoms with Gasteiger partial charge in [-0.1, -0.05) is 30.3 Å². The van der Waals surface area contributed by atoms with Gasteiger partial charge < -0.3 is 5.32 Å². The lowest BCUT2D eigenvalue weighted by atomic mass is 10.1. The van der Waals surface area contributed by atoms with Crippen molar-refractivity contribution in [2.75, 3.05) is 6.54 Å². The monoisotopic (exact) mass is 339 g/mol. The molecule has 1 aromatic heterocycles. The van der Waals surface area contributed by atoms with Crippen molar-refractivity contribution in [2.24, 2.45) is 0 Å². The van der Waals surface area contributed by atoms with Crippen LogP contribution in [0.15, 0.2) is 41.2 Å². The van der Waals surface area contributed by atoms with E-state index in [0.717, 1.165) is 30.5 Å². The highest BCUT2D eigenvalue weighted by atomic mass is 16.2. The summed E-state index contributed by atoms with van der Waals surface area (Å²) in [6.07, 6.45) is 3.18. The van der Waals surface area contributed by atoms with Gasteiger partial charge in [-0.2, -0.15) is 5.10 Å². The van der Waals surface area contributed by atoms with Crippen LogP contribution in [-0.4, -0.2) is 28.0 Å². The Morgan fingerprint density at radius 2 is 1.92 bits per heavy atom. The number of rotatable bonds is 7. The highest BCUT2D eigenvalue weighted by Gasteiger charge is 2.14. The van der Waals surface area contributed by atoms with Crippen molar-refractivity contribution in [3.63, 3.8) is 0 Å². The molecule has 1 heterocycles. The second kappa shape index (κ2) is 7.88. The lowest BCUT2D eigenvalue weighted by Crippen LogP contribution is -2.32. The third kappa shape index (κ3) is 4.41. The Hall–Kier alpha value is -2.76. The molecular weight excluding hydrogens is 318 g/mol. The maximum Gasteiger partial charge on any atom is 0.267 e. The van der Waals surface area contributed by atoms with Gasteiger partial charge in [0.25, 0.3) is 5.56 Å². The van der Waals surface area contributed by atoms with Crippen LogP contribution < -0.4 is 10.9 Å². The van der Waals surface area contributed by atoms with E-state index in [1.54, 1.807) is 30.3 Å². The van der Waals surface area contributed by atoms with Crippen LogP contribution in [0.1, 0.15) is 40.9 Å². The van der Waals surface area contributed by atoms with Gasteiger partial charge in [0.2, 0.25) is 5.91 Å². The van der Waals surface area contributed by atoms with Gasteiger partial charge in [-0.15, -0.1) is 0 Å². The molecule has 25 heavy (non-hydrogen) atoms. The number of nitrogens with one attached hydrogen (secondary N) is 1. The molecular formula is C19H21N3O3. The molecule has 0 spiro atoms. The van der Waals surface area contributed by atoms with Gasteiger partial charge >= 0.3 is 0 Å². The number of amides is 1. The number of carbonyl (C=O) groups is 2. The zero-order valence-corrected chi connectivity index (χ0v) is 14.0. The highest BCUT2D eigenvalue weighted by molar-refractivity contribution is 5.97. The number of carbonyl (C=O) groups excluding carboxylic acids is 2. The molecule has 1 aliphatic rings. The van der Waals surface area contributed by atoms with Gasteiger partial charge in [0, 0.05) is 31.0 Å². The number of fused-ring (bicyclic) bond motifs is 1. The van der Waals surface area contributed by atoms with Crippen LogP contribution >= 0.6 is 0 Å². The molecule has 1 amide bonds. The molecule has 2 aromatic rings. The Bertz CT molecular complexity index is 828. The molecule has 1 aliphatic carbocycles. The largest absolute Gasteiger partial charge is 0.354 e. The summed E-state index contributed by atoms with van der Waals surface area (Å²) in [7, 11) is 0. The highest BCUT2D eigenvalue weighted by Crippen LogP contribution is 2.16. The van der Waals surface area contributed by atoms with Crippen molar-refractivity contribution in [2.45, 2.75) is 38.6 Å². The van der Waals surface area contributed by atoms with E-state index in [1.165, 1.54) is 4.68 Å². The van der Waals surface area contributed by atoms with E-state index >= 15 is 0 Å². The first kappa shape index (κ1) is 17.1. The molecule has 0 radical (unpaired) electrons. The summed E-state index contributed by atoms with van der Waals surface area (Å²) in [5, 5.41) is 7.10. The summed E-state index contributed by atoms with van der Waals surface area (Å²) in [5.74, 6) is -0.245. The maximum atomic E-state index is 12.0. The third-order valence-electron chi connectivity index (χ3n) is 4.34. The number of Topliss-reactive ketones (excluding diaryl/α,β-unsaturated/α-hetero) is 1. The molecule has 1 aromatic carbocycles. The fraction of sp³-hybridized carbons (Fsp3) is 0.368. The third-order valence-corrected chi connectivity index (χ3v) is 4.34. The quantitative estimate of drug-likeness (QED) is 0.776. The molecule has 3 rings (SSSR count). The topological polar surface area (TPSA) is 81.1 Å². The van der Waals surface area contributed by atoms with E-state index in [2.05, 4.69) is 10.4 Å². The minimum Gasteiger partial charge on any atom is -0.354 e. The van der Waals surface area contributed by atoms with Crippen molar-refractivity contribution in [3.05, 3.63) is 63.6 Å². The zero-order chi connectivity index (χ0) is 17.6. The van der Waals surface area contributed by atoms with Crippen LogP contribution in [0, 0.1) is 0 Å². The first-order chi connectivity index (χ1) is 12.1. The fourth-order valence-corrected chi connectivity index (χ4v) is 2.98. The predicted molar refractivity (Wildman–Crippen MR) is 93.5 cm³/mol. The van der Waals surface area contributed by atoms with E-state index in [4.69, 9.17) is 0 Å². The van der Waals surface area contributed by atoms with Crippen LogP contribution in [0.25, 0.3) is 0 Å². The Labute approximate surface area is 145 Å². The molecule has 0 saturated heterocycles. The van der Waals surface area contributed by atoms with Gasteiger partial charge in [0.15, 0.2) is 5.78 Å². The molecule has 0 fully saturated rings. The number of benzene rings is 1. The molecule has 0 saturated carbocycles. The minimum atomic E-state index is -0.196. The van der Waals surface area contributed by atoms with Crippen LogP contribution in [-0.2, 0) is 24.2 Å². The van der Waals surface area contributed by atoms with Crippen molar-refractivity contribution in [3.8, 4) is 0 Å². The summed E-state index contributed by atoms with van der Waals surface area (Å²) >= 11 is 0. The second-order valence-corrected chi connectivity index (χ2v) is 6.17. The first-order valence-corrected chi connectivity index (χ1v) is 8.58. The van der Waals surface area contributed by atoms with Crippen molar-refractivity contribution >= 4 is 11.7 Å². The first-order valence-electron chi connectivity index (χ1n) is 8.58. The Morgan fingerprint density at radius 3 is 2.72 bits per heavy atom. The van der Waals surface area contributed by atoms with Gasteiger partial charge in [-0.05, 0) is 24.8 Å². The molecule has 0 aliphatic heterocycles. The fourth-order valence-electron chi connectivity index (χ4n) is 2.98. The normalized spacial score (nSPS) is 12.6. The summed E-state index contributed by atoms with van der Waals surface area (Å²) in [4.78, 5) is 35.8. The van der Waals surface area contributed by atoms with Gasteiger partial charge in [0.05, 0.1) is 12.2 Å². The predicted octanol–water partition coefficient (Wildman–Crippen LogP) is 1.51. The van der Waals surface area contributed by atoms with Crippen molar-refractivity contribution in [1.29, 1.82) is 0 Å². The summed E-state index contributed by atoms with van der Waals surface area (Å²) in [6.45, 7) is 0.661. The second-order valence-electron chi connectivity index (χ2n) is 6.17. The SMILES string of the molecule is O=C(CCC(=O)c1ccccc1)NCCn1nc2c(cc1=O)CCC2.